The first kappa shape index (κ1) is 19.2. The number of amides is 2. The van der Waals surface area contributed by atoms with Crippen LogP contribution in [0.2, 0.25) is 0 Å². The molecular formula is C23H24N2O4. The van der Waals surface area contributed by atoms with Crippen LogP contribution in [0.25, 0.3) is 0 Å². The number of benzene rings is 2. The van der Waals surface area contributed by atoms with Crippen molar-refractivity contribution in [1.82, 2.24) is 4.90 Å². The molecule has 6 heteroatoms. The summed E-state index contributed by atoms with van der Waals surface area (Å²) in [5, 5.41) is 12.0. The fraction of sp³-hybridized carbons (Fsp3) is 0.348. The molecule has 2 aliphatic rings. The van der Waals surface area contributed by atoms with Gasteiger partial charge in [-0.05, 0) is 79.6 Å². The number of carbonyl (C=O) groups excluding carboxylic acids is 2. The van der Waals surface area contributed by atoms with Crippen LogP contribution in [0.5, 0.6) is 0 Å². The molecule has 150 valence electrons. The Morgan fingerprint density at radius 2 is 1.55 bits per heavy atom. The Bertz CT molecular complexity index is 944. The second-order valence-corrected chi connectivity index (χ2v) is 7.77. The molecule has 0 unspecified atom stereocenters. The summed E-state index contributed by atoms with van der Waals surface area (Å²) in [4.78, 5) is 37.9. The normalized spacial score (nSPS) is 16.3. The van der Waals surface area contributed by atoms with Gasteiger partial charge in [0.05, 0.1) is 5.92 Å². The van der Waals surface area contributed by atoms with Crippen LogP contribution in [0.15, 0.2) is 42.5 Å². The molecule has 2 amide bonds. The first-order chi connectivity index (χ1) is 14.0. The number of nitrogens with one attached hydrogen (secondary N) is 1. The zero-order chi connectivity index (χ0) is 20.4. The highest BCUT2D eigenvalue weighted by Crippen LogP contribution is 2.24. The molecule has 0 spiro atoms. The molecule has 1 heterocycles. The molecule has 0 radical (unpaired) electrons. The SMILES string of the molecule is O=C(Nc1ccc(C(=O)N2CCC(C(=O)O)CC2)cc1)c1ccc2c(c1)CCC2. The fourth-order valence-electron chi connectivity index (χ4n) is 4.12. The van der Waals surface area contributed by atoms with Crippen LogP contribution >= 0.6 is 0 Å². The highest BCUT2D eigenvalue weighted by molar-refractivity contribution is 6.04. The van der Waals surface area contributed by atoms with Crippen molar-refractivity contribution < 1.29 is 19.5 Å². The van der Waals surface area contributed by atoms with Gasteiger partial charge in [0.15, 0.2) is 0 Å². The van der Waals surface area contributed by atoms with Crippen molar-refractivity contribution in [1.29, 1.82) is 0 Å². The van der Waals surface area contributed by atoms with E-state index in [2.05, 4.69) is 5.32 Å². The molecular weight excluding hydrogens is 368 g/mol. The van der Waals surface area contributed by atoms with Gasteiger partial charge in [0.2, 0.25) is 0 Å². The Labute approximate surface area is 169 Å². The van der Waals surface area contributed by atoms with E-state index in [0.29, 0.717) is 42.7 Å². The predicted molar refractivity (Wildman–Crippen MR) is 109 cm³/mol. The van der Waals surface area contributed by atoms with E-state index in [0.717, 1.165) is 19.3 Å². The fourth-order valence-corrected chi connectivity index (χ4v) is 4.12. The topological polar surface area (TPSA) is 86.7 Å². The van der Waals surface area contributed by atoms with Crippen LogP contribution in [0.3, 0.4) is 0 Å². The van der Waals surface area contributed by atoms with Crippen molar-refractivity contribution >= 4 is 23.5 Å². The summed E-state index contributed by atoms with van der Waals surface area (Å²) in [7, 11) is 0. The minimum atomic E-state index is -0.791. The average molecular weight is 392 g/mol. The lowest BCUT2D eigenvalue weighted by molar-refractivity contribution is -0.143. The third kappa shape index (κ3) is 4.16. The van der Waals surface area contributed by atoms with E-state index in [1.54, 1.807) is 29.2 Å². The predicted octanol–water partition coefficient (Wildman–Crippen LogP) is 3.36. The smallest absolute Gasteiger partial charge is 0.306 e. The van der Waals surface area contributed by atoms with Crippen LogP contribution < -0.4 is 5.32 Å². The Hall–Kier alpha value is -3.15. The maximum absolute atomic E-state index is 12.6. The van der Waals surface area contributed by atoms with Crippen molar-refractivity contribution in [3.05, 3.63) is 64.7 Å². The van der Waals surface area contributed by atoms with E-state index in [9.17, 15) is 14.4 Å². The molecule has 6 nitrogen and oxygen atoms in total. The third-order valence-electron chi connectivity index (χ3n) is 5.88. The zero-order valence-electron chi connectivity index (χ0n) is 16.2. The van der Waals surface area contributed by atoms with Gasteiger partial charge >= 0.3 is 5.97 Å². The number of hydrogen-bond donors (Lipinski definition) is 2. The number of piperidine rings is 1. The standard InChI is InChI=1S/C23H24N2O4/c26-21(19-5-4-15-2-1-3-18(15)14-19)24-20-8-6-16(7-9-20)22(27)25-12-10-17(11-13-25)23(28)29/h4-9,14,17H,1-3,10-13H2,(H,24,26)(H,28,29). The molecule has 0 saturated carbocycles. The van der Waals surface area contributed by atoms with E-state index in [1.165, 1.54) is 11.1 Å². The van der Waals surface area contributed by atoms with E-state index in [4.69, 9.17) is 5.11 Å². The van der Waals surface area contributed by atoms with Crippen LogP contribution in [0.4, 0.5) is 5.69 Å². The van der Waals surface area contributed by atoms with Gasteiger partial charge in [-0.25, -0.2) is 0 Å². The lowest BCUT2D eigenvalue weighted by Gasteiger charge is -2.30. The van der Waals surface area contributed by atoms with Gasteiger partial charge in [-0.3, -0.25) is 14.4 Å². The molecule has 29 heavy (non-hydrogen) atoms. The van der Waals surface area contributed by atoms with Gasteiger partial charge in [0.25, 0.3) is 11.8 Å². The number of anilines is 1. The van der Waals surface area contributed by atoms with Crippen LogP contribution in [-0.4, -0.2) is 40.9 Å². The van der Waals surface area contributed by atoms with Crippen molar-refractivity contribution in [2.75, 3.05) is 18.4 Å². The van der Waals surface area contributed by atoms with Crippen molar-refractivity contribution in [3.8, 4) is 0 Å². The van der Waals surface area contributed by atoms with Gasteiger partial charge in [-0.15, -0.1) is 0 Å². The van der Waals surface area contributed by atoms with Crippen LogP contribution in [0.1, 0.15) is 51.1 Å². The maximum Gasteiger partial charge on any atom is 0.306 e. The third-order valence-corrected chi connectivity index (χ3v) is 5.88. The Balaban J connectivity index is 1.37. The Morgan fingerprint density at radius 1 is 0.897 bits per heavy atom. The van der Waals surface area contributed by atoms with Gasteiger partial charge < -0.3 is 15.3 Å². The number of aliphatic carboxylic acids is 1. The minimum absolute atomic E-state index is 0.106. The summed E-state index contributed by atoms with van der Waals surface area (Å²) >= 11 is 0. The Morgan fingerprint density at radius 3 is 2.24 bits per heavy atom. The number of rotatable bonds is 4. The molecule has 0 bridgehead atoms. The van der Waals surface area contributed by atoms with Crippen LogP contribution in [-0.2, 0) is 17.6 Å². The number of carboxylic acid groups (broad SMARTS) is 1. The number of hydrogen-bond acceptors (Lipinski definition) is 3. The van der Waals surface area contributed by atoms with E-state index in [-0.39, 0.29) is 17.7 Å². The monoisotopic (exact) mass is 392 g/mol. The molecule has 2 aromatic carbocycles. The second kappa shape index (κ2) is 8.07. The summed E-state index contributed by atoms with van der Waals surface area (Å²) in [5.74, 6) is -1.42. The van der Waals surface area contributed by atoms with E-state index >= 15 is 0 Å². The molecule has 1 saturated heterocycles. The van der Waals surface area contributed by atoms with Crippen LogP contribution in [0, 0.1) is 5.92 Å². The number of carbonyl (C=O) groups is 3. The highest BCUT2D eigenvalue weighted by Gasteiger charge is 2.27. The van der Waals surface area contributed by atoms with Crippen molar-refractivity contribution in [2.45, 2.75) is 32.1 Å². The summed E-state index contributed by atoms with van der Waals surface area (Å²) in [6, 6.07) is 12.7. The zero-order valence-corrected chi connectivity index (χ0v) is 16.2. The summed E-state index contributed by atoms with van der Waals surface area (Å²) < 4.78 is 0. The van der Waals surface area contributed by atoms with Gasteiger partial charge in [-0.2, -0.15) is 0 Å². The quantitative estimate of drug-likeness (QED) is 0.835. The average Bonchev–Trinajstić information content (AvgIpc) is 3.21. The minimum Gasteiger partial charge on any atom is -0.481 e. The van der Waals surface area contributed by atoms with Gasteiger partial charge in [0.1, 0.15) is 0 Å². The number of likely N-dealkylation sites (tertiary alicyclic amines) is 1. The summed E-state index contributed by atoms with van der Waals surface area (Å²) in [6.45, 7) is 0.902. The molecule has 2 N–H and O–H groups in total. The molecule has 1 aliphatic carbocycles. The number of aryl methyl sites for hydroxylation is 2. The number of carboxylic acids is 1. The number of fused-ring (bicyclic) bond motifs is 1. The maximum atomic E-state index is 12.6. The van der Waals surface area contributed by atoms with Crippen molar-refractivity contribution in [3.63, 3.8) is 0 Å². The van der Waals surface area contributed by atoms with E-state index < -0.39 is 5.97 Å². The van der Waals surface area contributed by atoms with Gasteiger partial charge in [0, 0.05) is 29.9 Å². The molecule has 0 atom stereocenters. The highest BCUT2D eigenvalue weighted by atomic mass is 16.4. The first-order valence-electron chi connectivity index (χ1n) is 10.1. The molecule has 1 aliphatic heterocycles. The summed E-state index contributed by atoms with van der Waals surface area (Å²) in [6.07, 6.45) is 4.22. The molecule has 2 aromatic rings. The summed E-state index contributed by atoms with van der Waals surface area (Å²) in [5.41, 5.74) is 4.40. The Kier molecular flexibility index (Phi) is 5.34. The lowest BCUT2D eigenvalue weighted by Crippen LogP contribution is -2.40. The molecule has 4 rings (SSSR count). The largest absolute Gasteiger partial charge is 0.481 e. The van der Waals surface area contributed by atoms with E-state index in [1.807, 2.05) is 18.2 Å². The second-order valence-electron chi connectivity index (χ2n) is 7.77. The molecule has 1 fully saturated rings. The first-order valence-corrected chi connectivity index (χ1v) is 10.1. The molecule has 0 aromatic heterocycles. The lowest BCUT2D eigenvalue weighted by atomic mass is 9.96. The van der Waals surface area contributed by atoms with Gasteiger partial charge in [-0.1, -0.05) is 6.07 Å². The number of nitrogens with zero attached hydrogens (tertiary/aromatic N) is 1. The van der Waals surface area contributed by atoms with Crippen molar-refractivity contribution in [2.24, 2.45) is 5.92 Å².